The van der Waals surface area contributed by atoms with Crippen LogP contribution in [0.25, 0.3) is 10.9 Å². The number of halogens is 2. The highest BCUT2D eigenvalue weighted by Crippen LogP contribution is 2.53. The molecule has 1 aromatic carbocycles. The predicted octanol–water partition coefficient (Wildman–Crippen LogP) is 5.71. The van der Waals surface area contributed by atoms with Crippen LogP contribution in [0.15, 0.2) is 35.1 Å². The molecule has 2 aliphatic rings. The van der Waals surface area contributed by atoms with Crippen LogP contribution in [0.2, 0.25) is 0 Å². The number of benzene rings is 1. The van der Waals surface area contributed by atoms with Gasteiger partial charge in [0.1, 0.15) is 29.9 Å². The molecule has 1 saturated carbocycles. The van der Waals surface area contributed by atoms with Crippen molar-refractivity contribution < 1.29 is 14.0 Å². The zero-order valence-corrected chi connectivity index (χ0v) is 26.3. The van der Waals surface area contributed by atoms with E-state index in [-0.39, 0.29) is 11.9 Å². The molecule has 2 aromatic heterocycles. The Hall–Kier alpha value is -2.59. The van der Waals surface area contributed by atoms with Crippen LogP contribution >= 0.6 is 15.9 Å². The van der Waals surface area contributed by atoms with Crippen molar-refractivity contribution in [3.05, 3.63) is 52.4 Å². The fraction of sp³-hybridized carbons (Fsp3) is 0.548. The van der Waals surface area contributed by atoms with E-state index in [2.05, 4.69) is 48.6 Å². The van der Waals surface area contributed by atoms with Crippen molar-refractivity contribution in [2.45, 2.75) is 84.5 Å². The van der Waals surface area contributed by atoms with E-state index in [9.17, 15) is 9.18 Å². The number of primary amides is 1. The Bertz CT molecular complexity index is 1220. The Morgan fingerprint density at radius 2 is 1.83 bits per heavy atom. The van der Waals surface area contributed by atoms with Gasteiger partial charge in [-0.2, -0.15) is 0 Å². The fourth-order valence-electron chi connectivity index (χ4n) is 4.64. The van der Waals surface area contributed by atoms with E-state index in [1.807, 2.05) is 26.0 Å². The summed E-state index contributed by atoms with van der Waals surface area (Å²) in [4.78, 5) is 33.6. The van der Waals surface area contributed by atoms with Gasteiger partial charge in [-0.25, -0.2) is 9.37 Å². The smallest absolute Gasteiger partial charge is 0.204 e. The highest BCUT2D eigenvalue weighted by Gasteiger charge is 2.43. The molecule has 1 amide bonds. The first-order valence-electron chi connectivity index (χ1n) is 14.5. The first kappa shape index (κ1) is 34.6. The molecular weight excluding hydrogens is 584 g/mol. The zero-order chi connectivity index (χ0) is 30.3. The molecule has 0 atom stereocenters. The van der Waals surface area contributed by atoms with Crippen LogP contribution in [0.5, 0.6) is 0 Å². The summed E-state index contributed by atoms with van der Waals surface area (Å²) < 4.78 is 14.0. The zero-order valence-electron chi connectivity index (χ0n) is 24.7. The Kier molecular flexibility index (Phi) is 15.2. The van der Waals surface area contributed by atoms with Gasteiger partial charge in [-0.05, 0) is 104 Å². The van der Waals surface area contributed by atoms with Gasteiger partial charge in [0.2, 0.25) is 6.41 Å². The number of aryl methyl sites for hydroxylation is 2. The van der Waals surface area contributed by atoms with Crippen LogP contribution in [0, 0.1) is 18.2 Å². The van der Waals surface area contributed by atoms with Gasteiger partial charge in [0.05, 0.1) is 11.7 Å². The third-order valence-corrected chi connectivity index (χ3v) is 7.97. The second-order valence-corrected chi connectivity index (χ2v) is 11.8. The molecule has 1 aliphatic carbocycles. The van der Waals surface area contributed by atoms with Gasteiger partial charge in [0.25, 0.3) is 0 Å². The van der Waals surface area contributed by atoms with Crippen molar-refractivity contribution >= 4 is 52.3 Å². The SMILES string of the molecule is CCC(=O)CCCCCCc1ncc(Br)[nH]1.CN1CCC2(CC1)CC2.NC=O.[B]c1cc2ccc(C)nc2cc1F. The van der Waals surface area contributed by atoms with Gasteiger partial charge >= 0.3 is 0 Å². The molecule has 0 unspecified atom stereocenters. The Morgan fingerprint density at radius 1 is 1.17 bits per heavy atom. The number of H-pyrrole nitrogens is 1. The minimum atomic E-state index is -0.411. The summed E-state index contributed by atoms with van der Waals surface area (Å²) in [6, 6.07) is 6.71. The number of likely N-dealkylation sites (tertiary alicyclic amines) is 1. The molecule has 10 heteroatoms. The molecule has 2 radical (unpaired) electrons. The average molecular weight is 628 g/mol. The number of piperidine rings is 1. The Morgan fingerprint density at radius 3 is 2.41 bits per heavy atom. The molecule has 3 N–H and O–H groups in total. The number of pyridine rings is 1. The summed E-state index contributed by atoms with van der Waals surface area (Å²) >= 11 is 3.33. The maximum Gasteiger partial charge on any atom is 0.204 e. The number of nitrogens with one attached hydrogen (secondary N) is 1. The summed E-state index contributed by atoms with van der Waals surface area (Å²) in [6.07, 6.45) is 15.0. The van der Waals surface area contributed by atoms with Crippen LogP contribution in [-0.2, 0) is 16.0 Å². The number of nitrogens with two attached hydrogens (primary N) is 1. The van der Waals surface area contributed by atoms with Gasteiger partial charge < -0.3 is 15.6 Å². The summed E-state index contributed by atoms with van der Waals surface area (Å²) in [7, 11) is 7.65. The lowest BCUT2D eigenvalue weighted by Crippen LogP contribution is -2.30. The molecule has 41 heavy (non-hydrogen) atoms. The molecule has 5 rings (SSSR count). The Balaban J connectivity index is 0.000000211. The maximum absolute atomic E-state index is 13.0. The number of aromatic nitrogens is 3. The number of imidazole rings is 1. The van der Waals surface area contributed by atoms with Crippen molar-refractivity contribution in [1.29, 1.82) is 0 Å². The number of nitrogens with zero attached hydrogens (tertiary/aromatic N) is 3. The normalized spacial score (nSPS) is 15.0. The second kappa shape index (κ2) is 18.1. The van der Waals surface area contributed by atoms with E-state index in [0.717, 1.165) is 59.0 Å². The molecule has 0 bridgehead atoms. The van der Waals surface area contributed by atoms with Gasteiger partial charge in [-0.1, -0.05) is 37.4 Å². The first-order valence-corrected chi connectivity index (χ1v) is 15.3. The fourth-order valence-corrected chi connectivity index (χ4v) is 4.97. The summed E-state index contributed by atoms with van der Waals surface area (Å²) in [5, 5.41) is 0.865. The molecule has 1 spiro atoms. The van der Waals surface area contributed by atoms with Crippen molar-refractivity contribution in [2.75, 3.05) is 20.1 Å². The van der Waals surface area contributed by atoms with Crippen LogP contribution in [0.1, 0.15) is 82.7 Å². The van der Waals surface area contributed by atoms with E-state index < -0.39 is 5.82 Å². The number of unbranched alkanes of at least 4 members (excludes halogenated alkanes) is 3. The number of carbonyl (C=O) groups excluding carboxylic acids is 2. The maximum atomic E-state index is 13.0. The van der Waals surface area contributed by atoms with E-state index in [0.29, 0.717) is 17.7 Å². The summed E-state index contributed by atoms with van der Waals surface area (Å²) in [5.41, 5.74) is 6.72. The number of fused-ring (bicyclic) bond motifs is 1. The highest BCUT2D eigenvalue weighted by molar-refractivity contribution is 9.10. The number of hydrogen-bond acceptors (Lipinski definition) is 5. The largest absolute Gasteiger partial charge is 0.372 e. The van der Waals surface area contributed by atoms with E-state index in [4.69, 9.17) is 12.6 Å². The summed E-state index contributed by atoms with van der Waals surface area (Å²) in [6.45, 7) is 6.49. The lowest BCUT2D eigenvalue weighted by Gasteiger charge is -2.28. The van der Waals surface area contributed by atoms with Crippen molar-refractivity contribution in [3.8, 4) is 0 Å². The van der Waals surface area contributed by atoms with Crippen LogP contribution < -0.4 is 11.2 Å². The number of amides is 1. The average Bonchev–Trinajstić information content (AvgIpc) is 3.58. The predicted molar refractivity (Wildman–Crippen MR) is 169 cm³/mol. The lowest BCUT2D eigenvalue weighted by atomic mass is 9.94. The minimum Gasteiger partial charge on any atom is -0.372 e. The van der Waals surface area contributed by atoms with E-state index >= 15 is 0 Å². The molecule has 3 aromatic rings. The third kappa shape index (κ3) is 13.3. The number of hydrogen-bond donors (Lipinski definition) is 2. The molecule has 7 nitrogen and oxygen atoms in total. The van der Waals surface area contributed by atoms with Gasteiger partial charge in [0, 0.05) is 25.0 Å². The first-order chi connectivity index (χ1) is 19.6. The van der Waals surface area contributed by atoms with Crippen LogP contribution in [-0.4, -0.2) is 60.0 Å². The number of aromatic amines is 1. The molecule has 3 heterocycles. The van der Waals surface area contributed by atoms with E-state index in [1.54, 1.807) is 12.3 Å². The van der Waals surface area contributed by atoms with Crippen LogP contribution in [0.4, 0.5) is 4.39 Å². The van der Waals surface area contributed by atoms with Crippen molar-refractivity contribution in [2.24, 2.45) is 11.1 Å². The third-order valence-electron chi connectivity index (χ3n) is 7.56. The molecule has 2 fully saturated rings. The topological polar surface area (TPSA) is 105 Å². The number of Topliss-reactive ketones (excluding diaryl/α,β-unsaturated/α-hetero) is 1. The monoisotopic (exact) mass is 627 g/mol. The van der Waals surface area contributed by atoms with Crippen molar-refractivity contribution in [1.82, 2.24) is 19.9 Å². The van der Waals surface area contributed by atoms with Gasteiger partial charge in [0.15, 0.2) is 0 Å². The minimum absolute atomic E-state index is 0.165. The molecule has 1 saturated heterocycles. The Labute approximate surface area is 253 Å². The number of carbonyl (C=O) groups is 2. The highest BCUT2D eigenvalue weighted by atomic mass is 79.9. The molecule has 1 aliphatic heterocycles. The summed E-state index contributed by atoms with van der Waals surface area (Å²) in [5.74, 6) is 1.01. The van der Waals surface area contributed by atoms with E-state index in [1.165, 1.54) is 51.3 Å². The quantitative estimate of drug-likeness (QED) is 0.189. The van der Waals surface area contributed by atoms with Gasteiger partial charge in [-0.15, -0.1) is 0 Å². The number of ketones is 1. The lowest BCUT2D eigenvalue weighted by molar-refractivity contribution is -0.118. The second-order valence-electron chi connectivity index (χ2n) is 10.9. The molecule has 222 valence electrons. The molecular formula is C31H44BBrFN5O2. The standard InChI is InChI=1S/C12H19BrN2O.C10H7BFN.C8H15N.CH3NO/c1-2-10(16)7-5-3-4-6-8-12-14-9-11(13)15-12;1-6-2-3-7-4-8(11)9(12)5-10(7)13-6;1-9-6-4-8(2-3-8)5-7-9;2-1-3/h9H,2-8H2,1H3,(H,14,15);2-5H,1H3;2-7H2,1H3;1H,(H2,2,3). The van der Waals surface area contributed by atoms with Crippen molar-refractivity contribution in [3.63, 3.8) is 0 Å². The van der Waals surface area contributed by atoms with Gasteiger partial charge in [-0.3, -0.25) is 14.6 Å². The number of rotatable bonds is 8. The van der Waals surface area contributed by atoms with Crippen LogP contribution in [0.3, 0.4) is 0 Å².